The van der Waals surface area contributed by atoms with Crippen LogP contribution < -0.4 is 4.74 Å². The molecule has 1 aliphatic rings. The lowest BCUT2D eigenvalue weighted by Gasteiger charge is -2.19. The highest BCUT2D eigenvalue weighted by Crippen LogP contribution is 2.33. The maximum Gasteiger partial charge on any atom is 0.345 e. The lowest BCUT2D eigenvalue weighted by molar-refractivity contribution is -0.385. The second-order valence-electron chi connectivity index (χ2n) is 3.30. The molecule has 0 saturated carbocycles. The predicted molar refractivity (Wildman–Crippen MR) is 54.7 cm³/mol. The Morgan fingerprint density at radius 2 is 2.29 bits per heavy atom. The van der Waals surface area contributed by atoms with Crippen molar-refractivity contribution >= 4 is 11.7 Å². The van der Waals surface area contributed by atoms with Crippen molar-refractivity contribution in [3.05, 3.63) is 33.4 Å². The molecule has 0 unspecified atom stereocenters. The van der Waals surface area contributed by atoms with Gasteiger partial charge < -0.3 is 14.2 Å². The highest BCUT2D eigenvalue weighted by molar-refractivity contribution is 5.96. The Labute approximate surface area is 96.0 Å². The van der Waals surface area contributed by atoms with Gasteiger partial charge in [-0.05, 0) is 6.07 Å². The number of nitro groups is 1. The molecular formula is C10H9NO6. The molecule has 0 amide bonds. The van der Waals surface area contributed by atoms with Crippen molar-refractivity contribution in [2.45, 2.75) is 6.61 Å². The summed E-state index contributed by atoms with van der Waals surface area (Å²) in [7, 11) is 1.16. The fourth-order valence-corrected chi connectivity index (χ4v) is 1.63. The number of hydrogen-bond acceptors (Lipinski definition) is 6. The molecule has 1 aromatic rings. The number of nitrogens with zero attached hydrogens (tertiary/aromatic N) is 1. The molecule has 7 nitrogen and oxygen atoms in total. The normalized spacial score (nSPS) is 13.5. The minimum absolute atomic E-state index is 0.0609. The first kappa shape index (κ1) is 11.3. The second-order valence-corrected chi connectivity index (χ2v) is 3.30. The molecule has 7 heteroatoms. The van der Waals surface area contributed by atoms with Gasteiger partial charge in [-0.3, -0.25) is 10.1 Å². The zero-order valence-corrected chi connectivity index (χ0v) is 8.97. The van der Waals surface area contributed by atoms with E-state index in [9.17, 15) is 14.9 Å². The van der Waals surface area contributed by atoms with Gasteiger partial charge in [-0.2, -0.15) is 0 Å². The van der Waals surface area contributed by atoms with Gasteiger partial charge in [0, 0.05) is 11.6 Å². The fraction of sp³-hybridized carbons (Fsp3) is 0.300. The molecule has 2 rings (SSSR count). The number of hydrogen-bond donors (Lipinski definition) is 0. The zero-order chi connectivity index (χ0) is 12.4. The van der Waals surface area contributed by atoms with Crippen molar-refractivity contribution in [2.75, 3.05) is 13.9 Å². The van der Waals surface area contributed by atoms with Gasteiger partial charge in [0.25, 0.3) is 5.69 Å². The third kappa shape index (κ3) is 1.92. The summed E-state index contributed by atoms with van der Waals surface area (Å²) in [5.74, 6) is -0.370. The van der Waals surface area contributed by atoms with Crippen LogP contribution in [0.15, 0.2) is 12.1 Å². The molecule has 0 aliphatic carbocycles. The summed E-state index contributed by atoms with van der Waals surface area (Å²) >= 11 is 0. The third-order valence-electron chi connectivity index (χ3n) is 2.38. The van der Waals surface area contributed by atoms with Crippen LogP contribution in [0.3, 0.4) is 0 Å². The summed E-state index contributed by atoms with van der Waals surface area (Å²) in [5, 5.41) is 10.8. The maximum atomic E-state index is 11.6. The van der Waals surface area contributed by atoms with Gasteiger partial charge >= 0.3 is 5.97 Å². The zero-order valence-electron chi connectivity index (χ0n) is 8.97. The van der Waals surface area contributed by atoms with Gasteiger partial charge in [0.05, 0.1) is 18.6 Å². The van der Waals surface area contributed by atoms with Crippen molar-refractivity contribution in [1.82, 2.24) is 0 Å². The van der Waals surface area contributed by atoms with Crippen LogP contribution in [0.1, 0.15) is 15.9 Å². The molecule has 0 N–H and O–H groups in total. The highest BCUT2D eigenvalue weighted by Gasteiger charge is 2.29. The molecule has 0 radical (unpaired) electrons. The number of methoxy groups -OCH3 is 1. The Bertz CT molecular complexity index is 484. The quantitative estimate of drug-likeness (QED) is 0.438. The number of carbonyl (C=O) groups excluding carboxylic acids is 1. The third-order valence-corrected chi connectivity index (χ3v) is 2.38. The molecule has 1 heterocycles. The van der Waals surface area contributed by atoms with E-state index in [4.69, 9.17) is 9.47 Å². The first-order valence-corrected chi connectivity index (χ1v) is 4.74. The number of rotatable bonds is 2. The van der Waals surface area contributed by atoms with Gasteiger partial charge in [0.1, 0.15) is 11.3 Å². The van der Waals surface area contributed by atoms with Crippen LogP contribution in [0.4, 0.5) is 5.69 Å². The van der Waals surface area contributed by atoms with Crippen molar-refractivity contribution in [3.8, 4) is 5.75 Å². The van der Waals surface area contributed by atoms with E-state index >= 15 is 0 Å². The number of carbonyl (C=O) groups is 1. The molecule has 0 saturated heterocycles. The first-order valence-electron chi connectivity index (χ1n) is 4.74. The second kappa shape index (κ2) is 4.38. The summed E-state index contributed by atoms with van der Waals surface area (Å²) in [5.41, 5.74) is -0.0864. The number of nitro benzene ring substituents is 1. The molecule has 0 fully saturated rings. The summed E-state index contributed by atoms with van der Waals surface area (Å²) in [6.07, 6.45) is 0. The van der Waals surface area contributed by atoms with Crippen LogP contribution in [0, 0.1) is 10.1 Å². The molecule has 1 aromatic carbocycles. The Hall–Kier alpha value is -2.15. The van der Waals surface area contributed by atoms with Crippen molar-refractivity contribution in [2.24, 2.45) is 0 Å². The number of ether oxygens (including phenoxy) is 3. The lowest BCUT2D eigenvalue weighted by Crippen LogP contribution is -2.17. The van der Waals surface area contributed by atoms with E-state index in [1.807, 2.05) is 0 Å². The van der Waals surface area contributed by atoms with Crippen LogP contribution >= 0.6 is 0 Å². The number of esters is 1. The SMILES string of the molecule is COC(=O)c1c([N+](=O)[O-])ccc2c1COCO2. The number of benzene rings is 1. The standard InChI is InChI=1S/C10H9NO6/c1-15-10(12)9-6-4-16-5-17-8(6)3-2-7(9)11(13)14/h2-3H,4-5H2,1H3. The summed E-state index contributed by atoms with van der Waals surface area (Å²) in [4.78, 5) is 21.8. The van der Waals surface area contributed by atoms with Crippen LogP contribution in [0.25, 0.3) is 0 Å². The first-order chi connectivity index (χ1) is 8.15. The Morgan fingerprint density at radius 3 is 2.94 bits per heavy atom. The predicted octanol–water partition coefficient (Wildman–Crippen LogP) is 1.25. The molecule has 0 aromatic heterocycles. The van der Waals surface area contributed by atoms with Gasteiger partial charge in [0.2, 0.25) is 0 Å². The summed E-state index contributed by atoms with van der Waals surface area (Å²) in [6, 6.07) is 2.67. The molecule has 0 atom stereocenters. The average molecular weight is 239 g/mol. The molecule has 0 bridgehead atoms. The van der Waals surface area contributed by atoms with Gasteiger partial charge in [-0.15, -0.1) is 0 Å². The smallest absolute Gasteiger partial charge is 0.345 e. The van der Waals surface area contributed by atoms with E-state index < -0.39 is 10.9 Å². The van der Waals surface area contributed by atoms with Crippen molar-refractivity contribution in [3.63, 3.8) is 0 Å². The number of fused-ring (bicyclic) bond motifs is 1. The molecular weight excluding hydrogens is 230 g/mol. The average Bonchev–Trinajstić information content (AvgIpc) is 2.36. The minimum Gasteiger partial charge on any atom is -0.467 e. The molecule has 90 valence electrons. The summed E-state index contributed by atoms with van der Waals surface area (Å²) < 4.78 is 14.7. The molecule has 0 spiro atoms. The molecule has 17 heavy (non-hydrogen) atoms. The molecule has 1 aliphatic heterocycles. The topological polar surface area (TPSA) is 87.9 Å². The van der Waals surface area contributed by atoms with Gasteiger partial charge in [-0.1, -0.05) is 0 Å². The van der Waals surface area contributed by atoms with E-state index in [2.05, 4.69) is 4.74 Å². The van der Waals surface area contributed by atoms with E-state index in [-0.39, 0.29) is 24.7 Å². The largest absolute Gasteiger partial charge is 0.467 e. The maximum absolute atomic E-state index is 11.6. The lowest BCUT2D eigenvalue weighted by atomic mass is 10.0. The van der Waals surface area contributed by atoms with E-state index in [0.29, 0.717) is 11.3 Å². The van der Waals surface area contributed by atoms with Crippen molar-refractivity contribution < 1.29 is 23.9 Å². The Balaban J connectivity index is 2.63. The summed E-state index contributed by atoms with van der Waals surface area (Å²) in [6.45, 7) is 0.146. The van der Waals surface area contributed by atoms with Crippen LogP contribution in [-0.4, -0.2) is 24.8 Å². The Kier molecular flexibility index (Phi) is 2.92. The monoisotopic (exact) mass is 239 g/mol. The van der Waals surface area contributed by atoms with E-state index in [0.717, 1.165) is 7.11 Å². The highest BCUT2D eigenvalue weighted by atomic mass is 16.7. The minimum atomic E-state index is -0.775. The van der Waals surface area contributed by atoms with E-state index in [1.54, 1.807) is 0 Å². The fourth-order valence-electron chi connectivity index (χ4n) is 1.63. The van der Waals surface area contributed by atoms with Gasteiger partial charge in [-0.25, -0.2) is 4.79 Å². The van der Waals surface area contributed by atoms with E-state index in [1.165, 1.54) is 12.1 Å². The van der Waals surface area contributed by atoms with Crippen LogP contribution in [-0.2, 0) is 16.1 Å². The van der Waals surface area contributed by atoms with Crippen LogP contribution in [0.5, 0.6) is 5.75 Å². The Morgan fingerprint density at radius 1 is 1.53 bits per heavy atom. The van der Waals surface area contributed by atoms with Crippen LogP contribution in [0.2, 0.25) is 0 Å². The van der Waals surface area contributed by atoms with Gasteiger partial charge in [0.15, 0.2) is 6.79 Å². The van der Waals surface area contributed by atoms with Crippen molar-refractivity contribution in [1.29, 1.82) is 0 Å².